The molecular formula is C17H28N2O2. The van der Waals surface area contributed by atoms with Crippen molar-refractivity contribution in [3.05, 3.63) is 29.8 Å². The number of aliphatic hydroxyl groups is 1. The number of carbonyl (C=O) groups excluding carboxylic acids is 1. The number of hydrogen-bond acceptors (Lipinski definition) is 3. The number of anilines is 1. The molecule has 1 amide bonds. The van der Waals surface area contributed by atoms with E-state index in [0.717, 1.165) is 18.5 Å². The number of para-hydroxylation sites is 1. The lowest BCUT2D eigenvalue weighted by Gasteiger charge is -2.31. The molecule has 118 valence electrons. The largest absolute Gasteiger partial charge is 0.395 e. The summed E-state index contributed by atoms with van der Waals surface area (Å²) < 4.78 is 0. The van der Waals surface area contributed by atoms with Gasteiger partial charge in [0.1, 0.15) is 0 Å². The molecule has 0 bridgehead atoms. The topological polar surface area (TPSA) is 52.6 Å². The number of rotatable bonds is 8. The Morgan fingerprint density at radius 2 is 1.86 bits per heavy atom. The minimum absolute atomic E-state index is 0.0119. The van der Waals surface area contributed by atoms with Crippen LogP contribution in [0, 0.1) is 0 Å². The van der Waals surface area contributed by atoms with Crippen molar-refractivity contribution in [2.24, 2.45) is 0 Å². The molecule has 1 rings (SSSR count). The van der Waals surface area contributed by atoms with Gasteiger partial charge in [-0.05, 0) is 38.8 Å². The van der Waals surface area contributed by atoms with Gasteiger partial charge in [0.25, 0.3) is 5.91 Å². The van der Waals surface area contributed by atoms with Crippen LogP contribution in [-0.4, -0.2) is 41.1 Å². The van der Waals surface area contributed by atoms with E-state index in [9.17, 15) is 9.90 Å². The second kappa shape index (κ2) is 8.67. The van der Waals surface area contributed by atoms with Gasteiger partial charge in [0.2, 0.25) is 0 Å². The number of nitrogens with one attached hydrogen (secondary N) is 1. The third-order valence-corrected chi connectivity index (χ3v) is 3.59. The third-order valence-electron chi connectivity index (χ3n) is 3.59. The molecule has 0 aliphatic heterocycles. The lowest BCUT2D eigenvalue weighted by Crippen LogP contribution is -2.41. The molecular weight excluding hydrogens is 264 g/mol. The monoisotopic (exact) mass is 292 g/mol. The minimum Gasteiger partial charge on any atom is -0.395 e. The van der Waals surface area contributed by atoms with Crippen LogP contribution in [0.3, 0.4) is 0 Å². The van der Waals surface area contributed by atoms with Crippen LogP contribution >= 0.6 is 0 Å². The van der Waals surface area contributed by atoms with Crippen molar-refractivity contribution in [1.29, 1.82) is 0 Å². The number of aliphatic hydroxyl groups excluding tert-OH is 1. The number of hydrogen-bond donors (Lipinski definition) is 2. The highest BCUT2D eigenvalue weighted by Gasteiger charge is 2.23. The van der Waals surface area contributed by atoms with E-state index < -0.39 is 0 Å². The quantitative estimate of drug-likeness (QED) is 0.774. The highest BCUT2D eigenvalue weighted by atomic mass is 16.3. The van der Waals surface area contributed by atoms with Crippen molar-refractivity contribution in [3.63, 3.8) is 0 Å². The maximum absolute atomic E-state index is 12.9. The second-order valence-electron chi connectivity index (χ2n) is 5.54. The van der Waals surface area contributed by atoms with E-state index in [0.29, 0.717) is 12.1 Å². The lowest BCUT2D eigenvalue weighted by molar-refractivity contribution is 0.0623. The Morgan fingerprint density at radius 1 is 1.24 bits per heavy atom. The molecule has 1 aromatic rings. The Balaban J connectivity index is 3.08. The van der Waals surface area contributed by atoms with Crippen molar-refractivity contribution in [2.75, 3.05) is 18.5 Å². The van der Waals surface area contributed by atoms with Gasteiger partial charge in [0, 0.05) is 24.3 Å². The predicted octanol–water partition coefficient (Wildman–Crippen LogP) is 3.13. The van der Waals surface area contributed by atoms with Crippen molar-refractivity contribution < 1.29 is 9.90 Å². The maximum Gasteiger partial charge on any atom is 0.256 e. The van der Waals surface area contributed by atoms with Crippen molar-refractivity contribution in [2.45, 2.75) is 52.6 Å². The first kappa shape index (κ1) is 17.5. The Labute approximate surface area is 128 Å². The fourth-order valence-corrected chi connectivity index (χ4v) is 2.55. The van der Waals surface area contributed by atoms with Crippen LogP contribution < -0.4 is 5.32 Å². The SMILES string of the molecule is CCC(CC)N(CCO)C(=O)c1ccccc1NC(C)C. The zero-order valence-corrected chi connectivity index (χ0v) is 13.6. The first-order valence-electron chi connectivity index (χ1n) is 7.82. The average Bonchev–Trinajstić information content (AvgIpc) is 2.47. The van der Waals surface area contributed by atoms with E-state index in [1.54, 1.807) is 4.90 Å². The van der Waals surface area contributed by atoms with Crippen LogP contribution in [0.1, 0.15) is 50.9 Å². The predicted molar refractivity (Wildman–Crippen MR) is 87.7 cm³/mol. The van der Waals surface area contributed by atoms with Gasteiger partial charge < -0.3 is 15.3 Å². The summed E-state index contributed by atoms with van der Waals surface area (Å²) in [5.74, 6) is -0.0125. The summed E-state index contributed by atoms with van der Waals surface area (Å²) in [7, 11) is 0. The van der Waals surface area contributed by atoms with E-state index in [2.05, 4.69) is 19.2 Å². The summed E-state index contributed by atoms with van der Waals surface area (Å²) in [6, 6.07) is 8.00. The highest BCUT2D eigenvalue weighted by Crippen LogP contribution is 2.21. The zero-order valence-electron chi connectivity index (χ0n) is 13.6. The van der Waals surface area contributed by atoms with E-state index in [1.165, 1.54) is 0 Å². The van der Waals surface area contributed by atoms with Crippen LogP contribution in [0.15, 0.2) is 24.3 Å². The normalized spacial score (nSPS) is 11.0. The summed E-state index contributed by atoms with van der Waals surface area (Å²) in [6.45, 7) is 8.61. The summed E-state index contributed by atoms with van der Waals surface area (Å²) in [5, 5.41) is 12.6. The molecule has 0 saturated carbocycles. The smallest absolute Gasteiger partial charge is 0.256 e. The van der Waals surface area contributed by atoms with Crippen molar-refractivity contribution in [1.82, 2.24) is 4.90 Å². The Bertz CT molecular complexity index is 442. The number of benzene rings is 1. The maximum atomic E-state index is 12.9. The van der Waals surface area contributed by atoms with Crippen LogP contribution in [0.4, 0.5) is 5.69 Å². The molecule has 4 nitrogen and oxygen atoms in total. The fourth-order valence-electron chi connectivity index (χ4n) is 2.55. The summed E-state index contributed by atoms with van der Waals surface area (Å²) >= 11 is 0. The average molecular weight is 292 g/mol. The molecule has 0 unspecified atom stereocenters. The molecule has 0 aliphatic rings. The van der Waals surface area contributed by atoms with Crippen LogP contribution in [0.5, 0.6) is 0 Å². The van der Waals surface area contributed by atoms with Gasteiger partial charge >= 0.3 is 0 Å². The molecule has 0 fully saturated rings. The standard InChI is InChI=1S/C17H28N2O2/c1-5-14(6-2)19(11-12-20)17(21)15-9-7-8-10-16(15)18-13(3)4/h7-10,13-14,18,20H,5-6,11-12H2,1-4H3. The number of nitrogens with zero attached hydrogens (tertiary/aromatic N) is 1. The van der Waals surface area contributed by atoms with Gasteiger partial charge in [-0.15, -0.1) is 0 Å². The number of carbonyl (C=O) groups is 1. The molecule has 0 saturated heterocycles. The Hall–Kier alpha value is -1.55. The van der Waals surface area contributed by atoms with Gasteiger partial charge in [-0.1, -0.05) is 26.0 Å². The second-order valence-corrected chi connectivity index (χ2v) is 5.54. The van der Waals surface area contributed by atoms with Gasteiger partial charge in [-0.2, -0.15) is 0 Å². The van der Waals surface area contributed by atoms with E-state index in [4.69, 9.17) is 0 Å². The molecule has 1 aromatic carbocycles. The van der Waals surface area contributed by atoms with E-state index in [-0.39, 0.29) is 24.6 Å². The number of amides is 1. The first-order chi connectivity index (χ1) is 10.0. The molecule has 0 radical (unpaired) electrons. The van der Waals surface area contributed by atoms with Crippen molar-refractivity contribution >= 4 is 11.6 Å². The molecule has 21 heavy (non-hydrogen) atoms. The highest BCUT2D eigenvalue weighted by molar-refractivity contribution is 5.99. The zero-order chi connectivity index (χ0) is 15.8. The third kappa shape index (κ3) is 4.74. The van der Waals surface area contributed by atoms with Crippen LogP contribution in [-0.2, 0) is 0 Å². The summed E-state index contributed by atoms with van der Waals surface area (Å²) in [4.78, 5) is 14.7. The Kier molecular flexibility index (Phi) is 7.23. The van der Waals surface area contributed by atoms with Crippen LogP contribution in [0.25, 0.3) is 0 Å². The van der Waals surface area contributed by atoms with Crippen LogP contribution in [0.2, 0.25) is 0 Å². The van der Waals surface area contributed by atoms with E-state index >= 15 is 0 Å². The molecule has 4 heteroatoms. The van der Waals surface area contributed by atoms with E-state index in [1.807, 2.05) is 38.1 Å². The summed E-state index contributed by atoms with van der Waals surface area (Å²) in [6.07, 6.45) is 1.78. The molecule has 0 atom stereocenters. The molecule has 2 N–H and O–H groups in total. The van der Waals surface area contributed by atoms with Gasteiger partial charge in [0.15, 0.2) is 0 Å². The summed E-state index contributed by atoms with van der Waals surface area (Å²) in [5.41, 5.74) is 1.53. The van der Waals surface area contributed by atoms with Gasteiger partial charge in [-0.25, -0.2) is 0 Å². The van der Waals surface area contributed by atoms with Gasteiger partial charge in [-0.3, -0.25) is 4.79 Å². The molecule has 0 aliphatic carbocycles. The molecule has 0 spiro atoms. The first-order valence-corrected chi connectivity index (χ1v) is 7.82. The molecule has 0 heterocycles. The lowest BCUT2D eigenvalue weighted by atomic mass is 10.1. The Morgan fingerprint density at radius 3 is 2.38 bits per heavy atom. The fraction of sp³-hybridized carbons (Fsp3) is 0.588. The van der Waals surface area contributed by atoms with Crippen molar-refractivity contribution in [3.8, 4) is 0 Å². The minimum atomic E-state index is -0.0125. The molecule has 0 aromatic heterocycles. The van der Waals surface area contributed by atoms with Gasteiger partial charge in [0.05, 0.1) is 12.2 Å².